The molecular weight excluding hydrogens is 454 g/mol. The fourth-order valence-electron chi connectivity index (χ4n) is 3.92. The highest BCUT2D eigenvalue weighted by atomic mass is 32.1. The normalized spacial score (nSPS) is 15.0. The number of amides is 3. The minimum absolute atomic E-state index is 0.142. The van der Waals surface area contributed by atoms with Crippen LogP contribution in [0.25, 0.3) is 0 Å². The van der Waals surface area contributed by atoms with Crippen LogP contribution in [0.3, 0.4) is 0 Å². The Bertz CT molecular complexity index is 1180. The summed E-state index contributed by atoms with van der Waals surface area (Å²) >= 11 is 1.36. The molecular formula is C25H25N3O5S. The SMILES string of the molecule is COc1cc(NC(=O)[C@@H]2CCCN2C(=O)c2cccs2)c(OC)cc1NC(=O)c1ccccc1. The van der Waals surface area contributed by atoms with Gasteiger partial charge < -0.3 is 25.0 Å². The van der Waals surface area contributed by atoms with Crippen molar-refractivity contribution in [3.8, 4) is 11.5 Å². The number of nitrogens with zero attached hydrogens (tertiary/aromatic N) is 1. The van der Waals surface area contributed by atoms with E-state index < -0.39 is 6.04 Å². The van der Waals surface area contributed by atoms with Crippen LogP contribution in [0.15, 0.2) is 60.0 Å². The van der Waals surface area contributed by atoms with Gasteiger partial charge in [-0.25, -0.2) is 0 Å². The third kappa shape index (κ3) is 4.89. The molecule has 0 spiro atoms. The number of methoxy groups -OCH3 is 2. The van der Waals surface area contributed by atoms with E-state index in [1.807, 2.05) is 17.5 Å². The van der Waals surface area contributed by atoms with Crippen molar-refractivity contribution in [3.63, 3.8) is 0 Å². The minimum atomic E-state index is -0.581. The molecule has 1 atom stereocenters. The van der Waals surface area contributed by atoms with Gasteiger partial charge in [0, 0.05) is 24.2 Å². The molecule has 1 aromatic heterocycles. The molecule has 9 heteroatoms. The summed E-state index contributed by atoms with van der Waals surface area (Å²) in [5.74, 6) is -0.0311. The highest BCUT2D eigenvalue weighted by molar-refractivity contribution is 7.12. The van der Waals surface area contributed by atoms with Gasteiger partial charge in [0.05, 0.1) is 30.5 Å². The van der Waals surface area contributed by atoms with E-state index in [2.05, 4.69) is 10.6 Å². The number of carbonyl (C=O) groups is 3. The average Bonchev–Trinajstić information content (AvgIpc) is 3.57. The summed E-state index contributed by atoms with van der Waals surface area (Å²) in [4.78, 5) is 40.8. The molecule has 176 valence electrons. The molecule has 0 saturated carbocycles. The number of ether oxygens (including phenoxy) is 2. The zero-order valence-electron chi connectivity index (χ0n) is 18.9. The van der Waals surface area contributed by atoms with Crippen molar-refractivity contribution in [3.05, 3.63) is 70.4 Å². The molecule has 8 nitrogen and oxygen atoms in total. The van der Waals surface area contributed by atoms with Gasteiger partial charge in [0.15, 0.2) is 0 Å². The van der Waals surface area contributed by atoms with Crippen LogP contribution in [0.4, 0.5) is 11.4 Å². The van der Waals surface area contributed by atoms with Crippen molar-refractivity contribution in [2.24, 2.45) is 0 Å². The van der Waals surface area contributed by atoms with Gasteiger partial charge in [0.25, 0.3) is 11.8 Å². The van der Waals surface area contributed by atoms with Crippen molar-refractivity contribution in [1.82, 2.24) is 4.90 Å². The smallest absolute Gasteiger partial charge is 0.264 e. The Kier molecular flexibility index (Phi) is 7.12. The van der Waals surface area contributed by atoms with Crippen LogP contribution in [0.5, 0.6) is 11.5 Å². The first-order chi connectivity index (χ1) is 16.5. The summed E-state index contributed by atoms with van der Waals surface area (Å²) < 4.78 is 10.9. The molecule has 0 unspecified atom stereocenters. The Labute approximate surface area is 201 Å². The van der Waals surface area contributed by atoms with Crippen LogP contribution in [0.2, 0.25) is 0 Å². The molecule has 4 rings (SSSR count). The predicted octanol–water partition coefficient (Wildman–Crippen LogP) is 4.26. The monoisotopic (exact) mass is 479 g/mol. The van der Waals surface area contributed by atoms with Crippen LogP contribution >= 0.6 is 11.3 Å². The van der Waals surface area contributed by atoms with Crippen molar-refractivity contribution in [1.29, 1.82) is 0 Å². The van der Waals surface area contributed by atoms with Gasteiger partial charge in [0.1, 0.15) is 17.5 Å². The number of carbonyl (C=O) groups excluding carboxylic acids is 3. The number of benzene rings is 2. The summed E-state index contributed by atoms with van der Waals surface area (Å²) in [6.07, 6.45) is 1.33. The lowest BCUT2D eigenvalue weighted by Gasteiger charge is -2.24. The van der Waals surface area contributed by atoms with Crippen LogP contribution in [0.1, 0.15) is 32.9 Å². The third-order valence-electron chi connectivity index (χ3n) is 5.61. The maximum absolute atomic E-state index is 13.1. The summed E-state index contributed by atoms with van der Waals surface area (Å²) in [6.45, 7) is 0.528. The summed E-state index contributed by atoms with van der Waals surface area (Å²) in [6, 6.07) is 15.0. The third-order valence-corrected chi connectivity index (χ3v) is 6.47. The average molecular weight is 480 g/mol. The molecule has 1 saturated heterocycles. The molecule has 0 bridgehead atoms. The van der Waals surface area contributed by atoms with Crippen molar-refractivity contribution >= 4 is 40.4 Å². The molecule has 3 aromatic rings. The second-order valence-corrected chi connectivity index (χ2v) is 8.64. The first kappa shape index (κ1) is 23.3. The second kappa shape index (κ2) is 10.4. The lowest BCUT2D eigenvalue weighted by Crippen LogP contribution is -2.43. The predicted molar refractivity (Wildman–Crippen MR) is 131 cm³/mol. The largest absolute Gasteiger partial charge is 0.494 e. The topological polar surface area (TPSA) is 97.0 Å². The van der Waals surface area contributed by atoms with E-state index in [1.165, 1.54) is 25.6 Å². The summed E-state index contributed by atoms with van der Waals surface area (Å²) in [7, 11) is 2.95. The Balaban J connectivity index is 1.54. The fourth-order valence-corrected chi connectivity index (χ4v) is 4.60. The van der Waals surface area contributed by atoms with E-state index in [4.69, 9.17) is 9.47 Å². The Morgan fingerprint density at radius 3 is 2.24 bits per heavy atom. The number of likely N-dealkylation sites (tertiary alicyclic amines) is 1. The number of nitrogens with one attached hydrogen (secondary N) is 2. The molecule has 2 heterocycles. The van der Waals surface area contributed by atoms with E-state index in [1.54, 1.807) is 47.4 Å². The lowest BCUT2D eigenvalue weighted by molar-refractivity contribution is -0.119. The lowest BCUT2D eigenvalue weighted by atomic mass is 10.1. The quantitative estimate of drug-likeness (QED) is 0.528. The molecule has 1 aliphatic rings. The molecule has 34 heavy (non-hydrogen) atoms. The summed E-state index contributed by atoms with van der Waals surface area (Å²) in [5.41, 5.74) is 1.29. The molecule has 3 amide bonds. The highest BCUT2D eigenvalue weighted by Gasteiger charge is 2.35. The first-order valence-corrected chi connectivity index (χ1v) is 11.7. The fraction of sp³-hybridized carbons (Fsp3) is 0.240. The standard InChI is InChI=1S/C25H25N3O5S/c1-32-20-15-18(21(33-2)14-17(20)26-23(29)16-8-4-3-5-9-16)27-24(30)19-10-6-12-28(19)25(31)22-11-7-13-34-22/h3-5,7-9,11,13-15,19H,6,10,12H2,1-2H3,(H,26,29)(H,27,30)/t19-/m0/s1. The Hall–Kier alpha value is -3.85. The van der Waals surface area contributed by atoms with Crippen LogP contribution < -0.4 is 20.1 Å². The molecule has 1 aliphatic heterocycles. The zero-order chi connectivity index (χ0) is 24.1. The summed E-state index contributed by atoms with van der Waals surface area (Å²) in [5, 5.41) is 7.53. The van der Waals surface area contributed by atoms with Gasteiger partial charge in [0.2, 0.25) is 5.91 Å². The number of hydrogen-bond donors (Lipinski definition) is 2. The maximum atomic E-state index is 13.1. The van der Waals surface area contributed by atoms with Gasteiger partial charge in [-0.2, -0.15) is 0 Å². The van der Waals surface area contributed by atoms with E-state index in [0.717, 1.165) is 6.42 Å². The molecule has 1 fully saturated rings. The van der Waals surface area contributed by atoms with E-state index in [-0.39, 0.29) is 17.7 Å². The molecule has 2 aromatic carbocycles. The zero-order valence-corrected chi connectivity index (χ0v) is 19.7. The van der Waals surface area contributed by atoms with E-state index in [0.29, 0.717) is 46.3 Å². The van der Waals surface area contributed by atoms with Crippen molar-refractivity contribution < 1.29 is 23.9 Å². The molecule has 0 radical (unpaired) electrons. The molecule has 2 N–H and O–H groups in total. The second-order valence-electron chi connectivity index (χ2n) is 7.70. The minimum Gasteiger partial charge on any atom is -0.494 e. The molecule has 0 aliphatic carbocycles. The highest BCUT2D eigenvalue weighted by Crippen LogP contribution is 2.37. The van der Waals surface area contributed by atoms with Gasteiger partial charge in [-0.1, -0.05) is 24.3 Å². The van der Waals surface area contributed by atoms with E-state index in [9.17, 15) is 14.4 Å². The first-order valence-electron chi connectivity index (χ1n) is 10.8. The van der Waals surface area contributed by atoms with Gasteiger partial charge >= 0.3 is 0 Å². The maximum Gasteiger partial charge on any atom is 0.264 e. The van der Waals surface area contributed by atoms with Crippen molar-refractivity contribution in [2.45, 2.75) is 18.9 Å². The Morgan fingerprint density at radius 2 is 1.62 bits per heavy atom. The number of anilines is 2. The van der Waals surface area contributed by atoms with Crippen molar-refractivity contribution in [2.75, 3.05) is 31.4 Å². The number of rotatable bonds is 7. The Morgan fingerprint density at radius 1 is 0.941 bits per heavy atom. The van der Waals surface area contributed by atoms with Crippen LogP contribution in [0, 0.1) is 0 Å². The van der Waals surface area contributed by atoms with Gasteiger partial charge in [-0.05, 0) is 36.4 Å². The van der Waals surface area contributed by atoms with Gasteiger partial charge in [-0.3, -0.25) is 14.4 Å². The van der Waals surface area contributed by atoms with Gasteiger partial charge in [-0.15, -0.1) is 11.3 Å². The van der Waals surface area contributed by atoms with E-state index >= 15 is 0 Å². The number of thiophene rings is 1. The van der Waals surface area contributed by atoms with Crippen LogP contribution in [-0.4, -0.2) is 49.4 Å². The van der Waals surface area contributed by atoms with Crippen LogP contribution in [-0.2, 0) is 4.79 Å². The number of hydrogen-bond acceptors (Lipinski definition) is 6.